The third kappa shape index (κ3) is 3.69. The summed E-state index contributed by atoms with van der Waals surface area (Å²) in [5.41, 5.74) is 3.12. The Morgan fingerprint density at radius 1 is 1.03 bits per heavy atom. The molecule has 2 atom stereocenters. The summed E-state index contributed by atoms with van der Waals surface area (Å²) < 4.78 is 0. The minimum Gasteiger partial charge on any atom is -0.378 e. The van der Waals surface area contributed by atoms with Crippen LogP contribution in [0.1, 0.15) is 35.3 Å². The summed E-state index contributed by atoms with van der Waals surface area (Å²) in [6.45, 7) is 2.00. The predicted molar refractivity (Wildman–Crippen MR) is 113 cm³/mol. The van der Waals surface area contributed by atoms with Crippen LogP contribution in [-0.4, -0.2) is 16.9 Å². The van der Waals surface area contributed by atoms with Crippen molar-refractivity contribution in [3.8, 4) is 0 Å². The van der Waals surface area contributed by atoms with Crippen LogP contribution in [-0.2, 0) is 0 Å². The molecule has 0 radical (unpaired) electrons. The number of rotatable bonds is 4. The summed E-state index contributed by atoms with van der Waals surface area (Å²) in [6, 6.07) is 23.7. The van der Waals surface area contributed by atoms with Crippen LogP contribution in [0, 0.1) is 10.1 Å². The second-order valence-corrected chi connectivity index (χ2v) is 7.19. The zero-order valence-corrected chi connectivity index (χ0v) is 16.0. The van der Waals surface area contributed by atoms with Crippen molar-refractivity contribution in [3.63, 3.8) is 0 Å². The summed E-state index contributed by atoms with van der Waals surface area (Å²) in [7, 11) is 0. The molecular weight excluding hydrogens is 366 g/mol. The first-order chi connectivity index (χ1) is 14.0. The van der Waals surface area contributed by atoms with Gasteiger partial charge in [0.05, 0.1) is 11.0 Å². The van der Waals surface area contributed by atoms with Crippen LogP contribution in [0.2, 0.25) is 0 Å². The number of carbonyl (C=O) groups is 1. The number of nitrogens with one attached hydrogen (secondary N) is 1. The van der Waals surface area contributed by atoms with Crippen LogP contribution in [0.4, 0.5) is 17.1 Å². The number of anilines is 2. The number of nitro benzene ring substituents is 1. The van der Waals surface area contributed by atoms with Crippen molar-refractivity contribution in [3.05, 3.63) is 100 Å². The summed E-state index contributed by atoms with van der Waals surface area (Å²) >= 11 is 0. The topological polar surface area (TPSA) is 75.5 Å². The summed E-state index contributed by atoms with van der Waals surface area (Å²) in [5.74, 6) is -0.230. The first kappa shape index (κ1) is 18.7. The molecule has 3 aromatic carbocycles. The average molecular weight is 387 g/mol. The van der Waals surface area contributed by atoms with Gasteiger partial charge in [0, 0.05) is 35.1 Å². The SMILES string of the molecule is C[C@H]1C[C@@H](Nc2ccccc2)c2ccccc2N1C(=O)c1cccc([N+](=O)[O-])c1. The van der Waals surface area contributed by atoms with E-state index in [2.05, 4.69) is 5.32 Å². The first-order valence-electron chi connectivity index (χ1n) is 9.53. The molecule has 1 aliphatic heterocycles. The van der Waals surface area contributed by atoms with E-state index in [0.29, 0.717) is 5.56 Å². The fraction of sp³-hybridized carbons (Fsp3) is 0.174. The Morgan fingerprint density at radius 3 is 2.52 bits per heavy atom. The van der Waals surface area contributed by atoms with E-state index in [1.807, 2.05) is 61.5 Å². The van der Waals surface area contributed by atoms with Gasteiger partial charge in [-0.05, 0) is 43.2 Å². The van der Waals surface area contributed by atoms with Crippen LogP contribution in [0.5, 0.6) is 0 Å². The number of para-hydroxylation sites is 2. The number of carbonyl (C=O) groups excluding carboxylic acids is 1. The van der Waals surface area contributed by atoms with Crippen molar-refractivity contribution in [1.82, 2.24) is 0 Å². The molecule has 0 saturated carbocycles. The standard InChI is InChI=1S/C23H21N3O3/c1-16-14-21(24-18-9-3-2-4-10-18)20-12-5-6-13-22(20)25(16)23(27)17-8-7-11-19(15-17)26(28)29/h2-13,15-16,21,24H,14H2,1H3/t16-,21+/m0/s1. The average Bonchev–Trinajstić information content (AvgIpc) is 2.74. The molecule has 0 saturated heterocycles. The van der Waals surface area contributed by atoms with Gasteiger partial charge >= 0.3 is 0 Å². The molecule has 1 amide bonds. The smallest absolute Gasteiger partial charge is 0.270 e. The Labute approximate surface area is 168 Å². The number of nitro groups is 1. The minimum atomic E-state index is -0.482. The number of hydrogen-bond donors (Lipinski definition) is 1. The van der Waals surface area contributed by atoms with Crippen LogP contribution in [0.15, 0.2) is 78.9 Å². The highest BCUT2D eigenvalue weighted by atomic mass is 16.6. The van der Waals surface area contributed by atoms with Gasteiger partial charge in [-0.3, -0.25) is 14.9 Å². The van der Waals surface area contributed by atoms with Gasteiger partial charge in [0.25, 0.3) is 11.6 Å². The van der Waals surface area contributed by atoms with Gasteiger partial charge in [-0.2, -0.15) is 0 Å². The lowest BCUT2D eigenvalue weighted by Crippen LogP contribution is -2.44. The second-order valence-electron chi connectivity index (χ2n) is 7.19. The largest absolute Gasteiger partial charge is 0.378 e. The van der Waals surface area contributed by atoms with Gasteiger partial charge < -0.3 is 10.2 Å². The fourth-order valence-corrected chi connectivity index (χ4v) is 3.89. The van der Waals surface area contributed by atoms with Crippen molar-refractivity contribution in [2.24, 2.45) is 0 Å². The molecule has 1 N–H and O–H groups in total. The molecule has 0 spiro atoms. The predicted octanol–water partition coefficient (Wildman–Crippen LogP) is 5.19. The van der Waals surface area contributed by atoms with Crippen LogP contribution < -0.4 is 10.2 Å². The van der Waals surface area contributed by atoms with Gasteiger partial charge in [-0.1, -0.05) is 42.5 Å². The third-order valence-corrected chi connectivity index (χ3v) is 5.23. The van der Waals surface area contributed by atoms with Crippen molar-refractivity contribution >= 4 is 23.0 Å². The highest BCUT2D eigenvalue weighted by Crippen LogP contribution is 2.39. The maximum atomic E-state index is 13.3. The Balaban J connectivity index is 1.69. The molecule has 0 aromatic heterocycles. The molecule has 1 aliphatic rings. The summed E-state index contributed by atoms with van der Waals surface area (Å²) in [6.07, 6.45) is 0.729. The number of fused-ring (bicyclic) bond motifs is 1. The molecule has 4 rings (SSSR count). The van der Waals surface area contributed by atoms with E-state index in [1.54, 1.807) is 17.0 Å². The molecule has 0 bridgehead atoms. The zero-order valence-electron chi connectivity index (χ0n) is 16.0. The maximum Gasteiger partial charge on any atom is 0.270 e. The third-order valence-electron chi connectivity index (χ3n) is 5.23. The zero-order chi connectivity index (χ0) is 20.4. The minimum absolute atomic E-state index is 0.0674. The molecule has 0 unspecified atom stereocenters. The van der Waals surface area contributed by atoms with Crippen molar-refractivity contribution < 1.29 is 9.72 Å². The summed E-state index contributed by atoms with van der Waals surface area (Å²) in [4.78, 5) is 25.7. The van der Waals surface area contributed by atoms with Gasteiger partial charge in [0.2, 0.25) is 0 Å². The molecule has 146 valence electrons. The van der Waals surface area contributed by atoms with E-state index >= 15 is 0 Å². The number of amides is 1. The van der Waals surface area contributed by atoms with E-state index in [4.69, 9.17) is 0 Å². The van der Waals surface area contributed by atoms with E-state index in [-0.39, 0.29) is 23.7 Å². The van der Waals surface area contributed by atoms with Crippen LogP contribution in [0.25, 0.3) is 0 Å². The Morgan fingerprint density at radius 2 is 1.76 bits per heavy atom. The highest BCUT2D eigenvalue weighted by Gasteiger charge is 2.34. The van der Waals surface area contributed by atoms with E-state index < -0.39 is 4.92 Å². The molecule has 0 aliphatic carbocycles. The fourth-order valence-electron chi connectivity index (χ4n) is 3.89. The first-order valence-corrected chi connectivity index (χ1v) is 9.53. The summed E-state index contributed by atoms with van der Waals surface area (Å²) in [5, 5.41) is 14.7. The van der Waals surface area contributed by atoms with E-state index in [9.17, 15) is 14.9 Å². The maximum absolute atomic E-state index is 13.3. The Hall–Kier alpha value is -3.67. The lowest BCUT2D eigenvalue weighted by Gasteiger charge is -2.40. The van der Waals surface area contributed by atoms with Crippen LogP contribution in [0.3, 0.4) is 0 Å². The van der Waals surface area contributed by atoms with Gasteiger partial charge in [0.1, 0.15) is 0 Å². The van der Waals surface area contributed by atoms with Gasteiger partial charge in [0.15, 0.2) is 0 Å². The second kappa shape index (κ2) is 7.75. The Kier molecular flexibility index (Phi) is 4.99. The van der Waals surface area contributed by atoms with Gasteiger partial charge in [-0.25, -0.2) is 0 Å². The normalized spacial score (nSPS) is 18.0. The molecule has 1 heterocycles. The monoisotopic (exact) mass is 387 g/mol. The van der Waals surface area contributed by atoms with Crippen molar-refractivity contribution in [2.45, 2.75) is 25.4 Å². The van der Waals surface area contributed by atoms with Gasteiger partial charge in [-0.15, -0.1) is 0 Å². The molecular formula is C23H21N3O3. The Bertz CT molecular complexity index is 1050. The van der Waals surface area contributed by atoms with Crippen molar-refractivity contribution in [2.75, 3.05) is 10.2 Å². The molecule has 6 nitrogen and oxygen atoms in total. The van der Waals surface area contributed by atoms with Crippen LogP contribution >= 0.6 is 0 Å². The van der Waals surface area contributed by atoms with E-state index in [1.165, 1.54) is 12.1 Å². The molecule has 3 aromatic rings. The number of hydrogen-bond acceptors (Lipinski definition) is 4. The number of benzene rings is 3. The number of nitrogens with zero attached hydrogens (tertiary/aromatic N) is 2. The lowest BCUT2D eigenvalue weighted by atomic mass is 9.90. The molecule has 0 fully saturated rings. The molecule has 29 heavy (non-hydrogen) atoms. The van der Waals surface area contributed by atoms with Crippen molar-refractivity contribution in [1.29, 1.82) is 0 Å². The highest BCUT2D eigenvalue weighted by molar-refractivity contribution is 6.07. The lowest BCUT2D eigenvalue weighted by molar-refractivity contribution is -0.384. The number of non-ortho nitro benzene ring substituents is 1. The quantitative estimate of drug-likeness (QED) is 0.494. The van der Waals surface area contributed by atoms with E-state index in [0.717, 1.165) is 23.4 Å². The molecule has 6 heteroatoms.